The molecule has 1 heterocycles. The number of aromatic amines is 1. The van der Waals surface area contributed by atoms with Gasteiger partial charge in [0, 0.05) is 6.54 Å². The lowest BCUT2D eigenvalue weighted by atomic mass is 10.2. The minimum atomic E-state index is -0.269. The molecule has 0 radical (unpaired) electrons. The van der Waals surface area contributed by atoms with Gasteiger partial charge in [-0.2, -0.15) is 0 Å². The minimum Gasteiger partial charge on any atom is -0.355 e. The summed E-state index contributed by atoms with van der Waals surface area (Å²) in [6, 6.07) is 6.18. The van der Waals surface area contributed by atoms with Gasteiger partial charge in [-0.1, -0.05) is 25.6 Å². The first-order chi connectivity index (χ1) is 10.0. The highest BCUT2D eigenvalue weighted by Crippen LogP contribution is 2.21. The Balaban J connectivity index is 1.88. The van der Waals surface area contributed by atoms with Crippen LogP contribution >= 0.6 is 11.8 Å². The van der Waals surface area contributed by atoms with E-state index in [0.29, 0.717) is 23.4 Å². The molecule has 4 nitrogen and oxygen atoms in total. The van der Waals surface area contributed by atoms with Crippen molar-refractivity contribution >= 4 is 17.7 Å². The highest BCUT2D eigenvalue weighted by molar-refractivity contribution is 7.99. The van der Waals surface area contributed by atoms with Crippen molar-refractivity contribution in [2.75, 3.05) is 12.3 Å². The molecule has 0 saturated heterocycles. The number of carbonyl (C=O) groups excluding carboxylic acids is 1. The van der Waals surface area contributed by atoms with Crippen molar-refractivity contribution in [1.82, 2.24) is 15.3 Å². The third-order valence-corrected chi connectivity index (χ3v) is 3.64. The summed E-state index contributed by atoms with van der Waals surface area (Å²) >= 11 is 1.35. The molecule has 1 aromatic carbocycles. The molecule has 0 bridgehead atoms. The smallest absolute Gasteiger partial charge is 0.230 e. The monoisotopic (exact) mass is 307 g/mol. The second-order valence-corrected chi connectivity index (χ2v) is 6.06. The molecule has 21 heavy (non-hydrogen) atoms. The number of amides is 1. The van der Waals surface area contributed by atoms with E-state index in [1.807, 2.05) is 0 Å². The van der Waals surface area contributed by atoms with Crippen molar-refractivity contribution < 1.29 is 9.18 Å². The highest BCUT2D eigenvalue weighted by Gasteiger charge is 2.07. The molecule has 0 unspecified atom stereocenters. The van der Waals surface area contributed by atoms with E-state index in [1.54, 1.807) is 18.3 Å². The van der Waals surface area contributed by atoms with E-state index in [2.05, 4.69) is 29.1 Å². The Labute approximate surface area is 127 Å². The van der Waals surface area contributed by atoms with Gasteiger partial charge in [0.2, 0.25) is 5.91 Å². The third-order valence-electron chi connectivity index (χ3n) is 2.76. The number of aromatic nitrogens is 2. The number of nitrogens with zero attached hydrogens (tertiary/aromatic N) is 1. The van der Waals surface area contributed by atoms with Crippen LogP contribution in [0.1, 0.15) is 13.8 Å². The van der Waals surface area contributed by atoms with Crippen molar-refractivity contribution in [2.45, 2.75) is 19.0 Å². The number of halogens is 1. The van der Waals surface area contributed by atoms with Crippen LogP contribution in [0.2, 0.25) is 0 Å². The van der Waals surface area contributed by atoms with Crippen LogP contribution in [-0.2, 0) is 4.79 Å². The van der Waals surface area contributed by atoms with Gasteiger partial charge in [-0.15, -0.1) is 0 Å². The van der Waals surface area contributed by atoms with E-state index in [0.717, 1.165) is 11.3 Å². The molecule has 1 amide bonds. The standard InChI is InChI=1S/C15H18FN3OS/c1-10(2)7-17-14(20)9-21-15-18-8-13(19-15)11-3-5-12(16)6-4-11/h3-6,8,10H,7,9H2,1-2H3,(H,17,20)(H,18,19). The third kappa shape index (κ3) is 4.90. The van der Waals surface area contributed by atoms with Gasteiger partial charge < -0.3 is 10.3 Å². The van der Waals surface area contributed by atoms with Crippen LogP contribution in [0, 0.1) is 11.7 Å². The van der Waals surface area contributed by atoms with Crippen molar-refractivity contribution in [3.05, 3.63) is 36.3 Å². The molecule has 0 fully saturated rings. The molecule has 0 atom stereocenters. The Morgan fingerprint density at radius 1 is 1.38 bits per heavy atom. The lowest BCUT2D eigenvalue weighted by molar-refractivity contribution is -0.118. The summed E-state index contributed by atoms with van der Waals surface area (Å²) in [7, 11) is 0. The molecular formula is C15H18FN3OS. The number of carbonyl (C=O) groups is 1. The van der Waals surface area contributed by atoms with Crippen LogP contribution < -0.4 is 5.32 Å². The number of nitrogens with one attached hydrogen (secondary N) is 2. The normalized spacial score (nSPS) is 10.9. The van der Waals surface area contributed by atoms with Crippen molar-refractivity contribution in [3.63, 3.8) is 0 Å². The maximum Gasteiger partial charge on any atom is 0.230 e. The second kappa shape index (κ2) is 7.26. The molecule has 2 rings (SSSR count). The Kier molecular flexibility index (Phi) is 5.38. The number of H-pyrrole nitrogens is 1. The molecule has 0 saturated carbocycles. The fraction of sp³-hybridized carbons (Fsp3) is 0.333. The fourth-order valence-electron chi connectivity index (χ4n) is 1.66. The number of hydrogen-bond acceptors (Lipinski definition) is 3. The zero-order valence-electron chi connectivity index (χ0n) is 12.0. The number of thioether (sulfide) groups is 1. The zero-order chi connectivity index (χ0) is 15.2. The Morgan fingerprint density at radius 2 is 2.10 bits per heavy atom. The Morgan fingerprint density at radius 3 is 2.76 bits per heavy atom. The molecule has 6 heteroatoms. The quantitative estimate of drug-likeness (QED) is 0.806. The second-order valence-electron chi connectivity index (χ2n) is 5.10. The van der Waals surface area contributed by atoms with E-state index in [4.69, 9.17) is 0 Å². The predicted octanol–water partition coefficient (Wildman–Crippen LogP) is 3.08. The molecule has 0 aliphatic rings. The summed E-state index contributed by atoms with van der Waals surface area (Å²) in [5.41, 5.74) is 1.67. The van der Waals surface area contributed by atoms with Crippen molar-refractivity contribution in [2.24, 2.45) is 5.92 Å². The first kappa shape index (κ1) is 15.6. The van der Waals surface area contributed by atoms with Gasteiger partial charge in [0.15, 0.2) is 5.16 Å². The van der Waals surface area contributed by atoms with Gasteiger partial charge in [0.05, 0.1) is 17.6 Å². The molecule has 0 aliphatic heterocycles. The SMILES string of the molecule is CC(C)CNC(=O)CSc1ncc(-c2ccc(F)cc2)[nH]1. The number of rotatable bonds is 6. The zero-order valence-corrected chi connectivity index (χ0v) is 12.8. The summed E-state index contributed by atoms with van der Waals surface area (Å²) < 4.78 is 12.9. The highest BCUT2D eigenvalue weighted by atomic mass is 32.2. The molecule has 112 valence electrons. The van der Waals surface area contributed by atoms with E-state index in [9.17, 15) is 9.18 Å². The average molecular weight is 307 g/mol. The first-order valence-electron chi connectivity index (χ1n) is 6.75. The van der Waals surface area contributed by atoms with Gasteiger partial charge in [0.25, 0.3) is 0 Å². The van der Waals surface area contributed by atoms with Crippen LogP contribution in [0.3, 0.4) is 0 Å². The molecule has 2 aromatic rings. The molecule has 0 spiro atoms. The lowest BCUT2D eigenvalue weighted by Crippen LogP contribution is -2.28. The largest absolute Gasteiger partial charge is 0.355 e. The van der Waals surface area contributed by atoms with Gasteiger partial charge in [0.1, 0.15) is 5.82 Å². The van der Waals surface area contributed by atoms with Gasteiger partial charge in [-0.3, -0.25) is 4.79 Å². The van der Waals surface area contributed by atoms with E-state index >= 15 is 0 Å². The van der Waals surface area contributed by atoms with Crippen LogP contribution in [0.15, 0.2) is 35.6 Å². The number of benzene rings is 1. The molecule has 2 N–H and O–H groups in total. The van der Waals surface area contributed by atoms with Crippen LogP contribution in [0.25, 0.3) is 11.3 Å². The Hall–Kier alpha value is -1.82. The van der Waals surface area contributed by atoms with Crippen LogP contribution in [0.5, 0.6) is 0 Å². The maximum absolute atomic E-state index is 12.9. The summed E-state index contributed by atoms with van der Waals surface area (Å²) in [4.78, 5) is 19.0. The number of hydrogen-bond donors (Lipinski definition) is 2. The Bertz CT molecular complexity index is 595. The molecular weight excluding hydrogens is 289 g/mol. The first-order valence-corrected chi connectivity index (χ1v) is 7.73. The van der Waals surface area contributed by atoms with E-state index in [1.165, 1.54) is 23.9 Å². The van der Waals surface area contributed by atoms with E-state index < -0.39 is 0 Å². The fourth-order valence-corrected chi connectivity index (χ4v) is 2.33. The van der Waals surface area contributed by atoms with Crippen molar-refractivity contribution in [1.29, 1.82) is 0 Å². The summed E-state index contributed by atoms with van der Waals surface area (Å²) in [6.07, 6.45) is 1.68. The summed E-state index contributed by atoms with van der Waals surface area (Å²) in [5, 5.41) is 3.53. The lowest BCUT2D eigenvalue weighted by Gasteiger charge is -2.06. The maximum atomic E-state index is 12.9. The van der Waals surface area contributed by atoms with Crippen LogP contribution in [0.4, 0.5) is 4.39 Å². The molecule has 1 aromatic heterocycles. The minimum absolute atomic E-state index is 0.00608. The predicted molar refractivity (Wildman–Crippen MR) is 82.6 cm³/mol. The van der Waals surface area contributed by atoms with Gasteiger partial charge >= 0.3 is 0 Å². The van der Waals surface area contributed by atoms with E-state index in [-0.39, 0.29) is 11.7 Å². The summed E-state index contributed by atoms with van der Waals surface area (Å²) in [5.74, 6) is 0.485. The topological polar surface area (TPSA) is 57.8 Å². The van der Waals surface area contributed by atoms with Crippen LogP contribution in [-0.4, -0.2) is 28.2 Å². The molecule has 0 aliphatic carbocycles. The van der Waals surface area contributed by atoms with Gasteiger partial charge in [-0.25, -0.2) is 9.37 Å². The summed E-state index contributed by atoms with van der Waals surface area (Å²) in [6.45, 7) is 4.78. The number of imidazole rings is 1. The van der Waals surface area contributed by atoms with Gasteiger partial charge in [-0.05, 0) is 35.7 Å². The average Bonchev–Trinajstić information content (AvgIpc) is 2.92. The van der Waals surface area contributed by atoms with Crippen molar-refractivity contribution in [3.8, 4) is 11.3 Å².